The van der Waals surface area contributed by atoms with Crippen molar-refractivity contribution in [2.24, 2.45) is 5.92 Å². The molecule has 1 saturated heterocycles. The van der Waals surface area contributed by atoms with E-state index in [1.165, 1.54) is 12.0 Å². The van der Waals surface area contributed by atoms with Crippen LogP contribution in [0.25, 0.3) is 0 Å². The number of aliphatic hydroxyl groups excluding tert-OH is 3. The molecule has 10 nitrogen and oxygen atoms in total. The van der Waals surface area contributed by atoms with Gasteiger partial charge in [-0.05, 0) is 47.9 Å². The number of methoxy groups -OCH3 is 1. The van der Waals surface area contributed by atoms with Crippen molar-refractivity contribution < 1.29 is 39.1 Å². The van der Waals surface area contributed by atoms with Crippen LogP contribution in [0.5, 0.6) is 11.5 Å². The Kier molecular flexibility index (Phi) is 9.08. The zero-order valence-corrected chi connectivity index (χ0v) is 23.9. The molecule has 3 aliphatic rings. The molecule has 0 radical (unpaired) electrons. The highest BCUT2D eigenvalue weighted by atomic mass is 35.5. The van der Waals surface area contributed by atoms with E-state index in [0.717, 1.165) is 0 Å². The summed E-state index contributed by atoms with van der Waals surface area (Å²) in [6, 6.07) is 7.45. The summed E-state index contributed by atoms with van der Waals surface area (Å²) >= 11 is 12.4. The number of nitrogens with zero attached hydrogens (tertiary/aromatic N) is 1. The van der Waals surface area contributed by atoms with E-state index in [4.69, 9.17) is 37.4 Å². The number of hydrogen-bond acceptors (Lipinski definition) is 8. The van der Waals surface area contributed by atoms with Crippen LogP contribution >= 0.6 is 23.2 Å². The standard InChI is InChI=1S/C29H32Cl2N2O8/c1-39-23-10-16(13-35)8-18-24-19(28(37)32-5-6-34)11-22(25(36)27(24)41-26(18)23)33(29(38)17-4-7-40-14-17)12-15-2-3-20(30)21(31)9-15/h2-3,8-11,17,22,24-25,27,34-36H,4-7,12-14H2,1H3,(H,32,37)/t17?,22-,24+,25+,27+/m1/s1. The van der Waals surface area contributed by atoms with Crippen LogP contribution < -0.4 is 14.8 Å². The summed E-state index contributed by atoms with van der Waals surface area (Å²) in [7, 11) is 1.47. The maximum absolute atomic E-state index is 13.9. The first-order valence-electron chi connectivity index (χ1n) is 13.4. The van der Waals surface area contributed by atoms with Gasteiger partial charge in [0.25, 0.3) is 0 Å². The topological polar surface area (TPSA) is 138 Å². The molecule has 1 unspecified atom stereocenters. The predicted octanol–water partition coefficient (Wildman–Crippen LogP) is 2.18. The van der Waals surface area contributed by atoms with Crippen LogP contribution in [0.4, 0.5) is 0 Å². The van der Waals surface area contributed by atoms with Crippen molar-refractivity contribution in [3.63, 3.8) is 0 Å². The van der Waals surface area contributed by atoms with Crippen molar-refractivity contribution in [2.45, 2.75) is 43.7 Å². The molecule has 2 aliphatic heterocycles. The second kappa shape index (κ2) is 12.6. The molecule has 5 atom stereocenters. The molecule has 5 rings (SSSR count). The normalized spacial score (nSPS) is 24.6. The van der Waals surface area contributed by atoms with E-state index in [0.29, 0.717) is 51.3 Å². The monoisotopic (exact) mass is 606 g/mol. The molecular weight excluding hydrogens is 575 g/mol. The van der Waals surface area contributed by atoms with Gasteiger partial charge in [-0.15, -0.1) is 0 Å². The molecule has 0 saturated carbocycles. The van der Waals surface area contributed by atoms with E-state index >= 15 is 0 Å². The minimum absolute atomic E-state index is 0.0137. The first-order chi connectivity index (χ1) is 19.8. The average molecular weight is 607 g/mol. The molecular formula is C29H32Cl2N2O8. The van der Waals surface area contributed by atoms with E-state index < -0.39 is 36.0 Å². The molecule has 4 N–H and O–H groups in total. The van der Waals surface area contributed by atoms with Gasteiger partial charge in [-0.2, -0.15) is 0 Å². The fourth-order valence-electron chi connectivity index (χ4n) is 5.75. The van der Waals surface area contributed by atoms with Gasteiger partial charge >= 0.3 is 0 Å². The molecule has 2 heterocycles. The molecule has 1 fully saturated rings. The summed E-state index contributed by atoms with van der Waals surface area (Å²) in [5.41, 5.74) is 2.08. The van der Waals surface area contributed by atoms with Gasteiger partial charge < -0.3 is 39.7 Å². The summed E-state index contributed by atoms with van der Waals surface area (Å²) < 4.78 is 17.3. The molecule has 12 heteroatoms. The van der Waals surface area contributed by atoms with Gasteiger partial charge in [-0.25, -0.2) is 0 Å². The number of benzene rings is 2. The van der Waals surface area contributed by atoms with E-state index in [-0.39, 0.29) is 44.4 Å². The number of nitrogens with one attached hydrogen (secondary N) is 1. The van der Waals surface area contributed by atoms with Crippen molar-refractivity contribution in [1.82, 2.24) is 10.2 Å². The Labute approximate surface area is 247 Å². The minimum atomic E-state index is -1.24. The van der Waals surface area contributed by atoms with Gasteiger partial charge in [0.2, 0.25) is 11.8 Å². The van der Waals surface area contributed by atoms with Crippen LogP contribution in [0, 0.1) is 5.92 Å². The molecule has 220 valence electrons. The van der Waals surface area contributed by atoms with E-state index in [9.17, 15) is 24.9 Å². The quantitative estimate of drug-likeness (QED) is 0.341. The van der Waals surface area contributed by atoms with Crippen LogP contribution in [0.1, 0.15) is 29.0 Å². The largest absolute Gasteiger partial charge is 0.493 e. The Balaban J connectivity index is 1.60. The lowest BCUT2D eigenvalue weighted by Crippen LogP contribution is -2.56. The highest BCUT2D eigenvalue weighted by Gasteiger charge is 2.52. The number of carbonyl (C=O) groups excluding carboxylic acids is 2. The van der Waals surface area contributed by atoms with Crippen LogP contribution in [0.15, 0.2) is 42.0 Å². The SMILES string of the molecule is COc1cc(CO)cc2c1O[C@@H]1[C@@H](O)[C@H](N(Cc3ccc(Cl)c(Cl)c3)C(=O)C3CCOC3)C=C(C(=O)NCCO)[C@H]21. The number of amides is 2. The van der Waals surface area contributed by atoms with Gasteiger partial charge in [0.1, 0.15) is 12.2 Å². The van der Waals surface area contributed by atoms with Crippen LogP contribution in [0.3, 0.4) is 0 Å². The second-order valence-electron chi connectivity index (χ2n) is 10.3. The smallest absolute Gasteiger partial charge is 0.247 e. The van der Waals surface area contributed by atoms with Gasteiger partial charge in [-0.3, -0.25) is 9.59 Å². The molecule has 2 aromatic rings. The van der Waals surface area contributed by atoms with Gasteiger partial charge in [0, 0.05) is 30.8 Å². The first-order valence-corrected chi connectivity index (χ1v) is 14.1. The lowest BCUT2D eigenvalue weighted by molar-refractivity contribution is -0.142. The maximum Gasteiger partial charge on any atom is 0.247 e. The Morgan fingerprint density at radius 3 is 2.61 bits per heavy atom. The number of fused-ring (bicyclic) bond motifs is 3. The predicted molar refractivity (Wildman–Crippen MR) is 150 cm³/mol. The summed E-state index contributed by atoms with van der Waals surface area (Å²) in [4.78, 5) is 28.9. The van der Waals surface area contributed by atoms with Gasteiger partial charge in [0.15, 0.2) is 11.5 Å². The van der Waals surface area contributed by atoms with Crippen molar-refractivity contribution in [3.05, 3.63) is 68.7 Å². The van der Waals surface area contributed by atoms with Gasteiger partial charge in [-0.1, -0.05) is 29.3 Å². The van der Waals surface area contributed by atoms with Crippen LogP contribution in [-0.2, 0) is 27.5 Å². The fraction of sp³-hybridized carbons (Fsp3) is 0.448. The highest BCUT2D eigenvalue weighted by Crippen LogP contribution is 2.51. The van der Waals surface area contributed by atoms with E-state index in [1.807, 2.05) is 0 Å². The maximum atomic E-state index is 13.9. The Bertz CT molecular complexity index is 1350. The Morgan fingerprint density at radius 1 is 1.15 bits per heavy atom. The number of carbonyl (C=O) groups is 2. The third-order valence-corrected chi connectivity index (χ3v) is 8.49. The molecule has 41 heavy (non-hydrogen) atoms. The second-order valence-corrected chi connectivity index (χ2v) is 11.1. The fourth-order valence-corrected chi connectivity index (χ4v) is 6.07. The third-order valence-electron chi connectivity index (χ3n) is 7.75. The minimum Gasteiger partial charge on any atom is -0.493 e. The van der Waals surface area contributed by atoms with Crippen LogP contribution in [0.2, 0.25) is 10.0 Å². The zero-order chi connectivity index (χ0) is 29.3. The number of halogens is 2. The molecule has 1 aliphatic carbocycles. The molecule has 2 amide bonds. The number of aliphatic hydroxyl groups is 3. The average Bonchev–Trinajstić information content (AvgIpc) is 3.65. The van der Waals surface area contributed by atoms with Gasteiger partial charge in [0.05, 0.1) is 54.9 Å². The van der Waals surface area contributed by atoms with Crippen LogP contribution in [-0.4, -0.2) is 83.8 Å². The zero-order valence-electron chi connectivity index (χ0n) is 22.4. The summed E-state index contributed by atoms with van der Waals surface area (Å²) in [6.45, 7) is 0.265. The summed E-state index contributed by atoms with van der Waals surface area (Å²) in [5.74, 6) is -1.14. The lowest BCUT2D eigenvalue weighted by atomic mass is 9.77. The number of hydrogen-bond donors (Lipinski definition) is 4. The van der Waals surface area contributed by atoms with Crippen molar-refractivity contribution in [2.75, 3.05) is 33.5 Å². The van der Waals surface area contributed by atoms with Crippen molar-refractivity contribution in [1.29, 1.82) is 0 Å². The summed E-state index contributed by atoms with van der Waals surface area (Å²) in [5, 5.41) is 34.4. The van der Waals surface area contributed by atoms with E-state index in [1.54, 1.807) is 36.4 Å². The Morgan fingerprint density at radius 2 is 1.95 bits per heavy atom. The van der Waals surface area contributed by atoms with E-state index in [2.05, 4.69) is 5.32 Å². The molecule has 0 aromatic heterocycles. The number of rotatable bonds is 9. The van der Waals surface area contributed by atoms with Crippen molar-refractivity contribution >= 4 is 35.0 Å². The third kappa shape index (κ3) is 5.77. The first kappa shape index (κ1) is 29.6. The summed E-state index contributed by atoms with van der Waals surface area (Å²) in [6.07, 6.45) is -0.0532. The molecule has 0 bridgehead atoms. The molecule has 0 spiro atoms. The Hall–Kier alpha value is -2.86. The molecule has 2 aromatic carbocycles. The number of ether oxygens (including phenoxy) is 3. The highest BCUT2D eigenvalue weighted by molar-refractivity contribution is 6.42. The van der Waals surface area contributed by atoms with Crippen molar-refractivity contribution in [3.8, 4) is 11.5 Å². The lowest BCUT2D eigenvalue weighted by Gasteiger charge is -2.41.